The van der Waals surface area contributed by atoms with Gasteiger partial charge in [0.15, 0.2) is 6.10 Å². The summed E-state index contributed by atoms with van der Waals surface area (Å²) in [7, 11) is 0. The largest absolute Gasteiger partial charge is 0.462 e. The van der Waals surface area contributed by atoms with E-state index in [0.29, 0.717) is 19.3 Å². The summed E-state index contributed by atoms with van der Waals surface area (Å²) >= 11 is 0. The molecule has 0 saturated heterocycles. The molecular formula is C65H122O6. The molecule has 0 bridgehead atoms. The van der Waals surface area contributed by atoms with Crippen LogP contribution in [-0.4, -0.2) is 37.2 Å². The lowest BCUT2D eigenvalue weighted by Crippen LogP contribution is -2.30. The maximum atomic E-state index is 12.9. The molecule has 1 atom stereocenters. The van der Waals surface area contributed by atoms with Crippen molar-refractivity contribution < 1.29 is 28.6 Å². The molecule has 0 amide bonds. The number of hydrogen-bond acceptors (Lipinski definition) is 6. The Bertz CT molecular complexity index is 1150. The molecule has 0 aromatic rings. The van der Waals surface area contributed by atoms with Crippen molar-refractivity contribution in [3.05, 3.63) is 24.3 Å². The summed E-state index contributed by atoms with van der Waals surface area (Å²) in [6, 6.07) is 0. The SMILES string of the molecule is CCC/C=C\CCCCCCCC(=O)OCC(COC(=O)CCCCCCCCCCCCCCCCCCCCCCCC)OC(=O)CCCCCCCCCCC/C=C\CCCCCCCCCC. The third kappa shape index (κ3) is 58.7. The van der Waals surface area contributed by atoms with Crippen molar-refractivity contribution in [3.8, 4) is 0 Å². The minimum Gasteiger partial charge on any atom is -0.462 e. The van der Waals surface area contributed by atoms with Crippen molar-refractivity contribution in [2.45, 2.75) is 361 Å². The molecule has 0 aliphatic rings. The van der Waals surface area contributed by atoms with E-state index in [-0.39, 0.29) is 31.1 Å². The molecule has 0 aromatic carbocycles. The van der Waals surface area contributed by atoms with Crippen LogP contribution in [-0.2, 0) is 28.6 Å². The Hall–Kier alpha value is -2.11. The molecule has 0 N–H and O–H groups in total. The zero-order valence-corrected chi connectivity index (χ0v) is 48.0. The Balaban J connectivity index is 4.20. The predicted octanol–water partition coefficient (Wildman–Crippen LogP) is 21.4. The Morgan fingerprint density at radius 3 is 0.761 bits per heavy atom. The Morgan fingerprint density at radius 2 is 0.493 bits per heavy atom. The molecule has 71 heavy (non-hydrogen) atoms. The Kier molecular flexibility index (Phi) is 58.6. The van der Waals surface area contributed by atoms with E-state index in [9.17, 15) is 14.4 Å². The first-order chi connectivity index (χ1) is 35.0. The molecule has 418 valence electrons. The smallest absolute Gasteiger partial charge is 0.306 e. The van der Waals surface area contributed by atoms with Crippen LogP contribution in [0.3, 0.4) is 0 Å². The third-order valence-corrected chi connectivity index (χ3v) is 14.4. The first kappa shape index (κ1) is 68.9. The van der Waals surface area contributed by atoms with Gasteiger partial charge in [-0.1, -0.05) is 295 Å². The number of esters is 3. The topological polar surface area (TPSA) is 78.9 Å². The van der Waals surface area contributed by atoms with Gasteiger partial charge >= 0.3 is 17.9 Å². The quantitative estimate of drug-likeness (QED) is 0.0261. The van der Waals surface area contributed by atoms with Gasteiger partial charge in [0.05, 0.1) is 0 Å². The zero-order chi connectivity index (χ0) is 51.4. The van der Waals surface area contributed by atoms with Gasteiger partial charge in [-0.3, -0.25) is 14.4 Å². The Labute approximate surface area is 443 Å². The van der Waals surface area contributed by atoms with E-state index >= 15 is 0 Å². The van der Waals surface area contributed by atoms with Crippen LogP contribution in [0.5, 0.6) is 0 Å². The maximum absolute atomic E-state index is 12.9. The minimum absolute atomic E-state index is 0.0700. The summed E-state index contributed by atoms with van der Waals surface area (Å²) in [5.41, 5.74) is 0. The van der Waals surface area contributed by atoms with E-state index in [0.717, 1.165) is 70.6 Å². The van der Waals surface area contributed by atoms with Crippen molar-refractivity contribution in [1.29, 1.82) is 0 Å². The van der Waals surface area contributed by atoms with Crippen molar-refractivity contribution in [3.63, 3.8) is 0 Å². The highest BCUT2D eigenvalue weighted by atomic mass is 16.6. The first-order valence-corrected chi connectivity index (χ1v) is 31.8. The van der Waals surface area contributed by atoms with Crippen molar-refractivity contribution >= 4 is 17.9 Å². The molecule has 0 saturated carbocycles. The maximum Gasteiger partial charge on any atom is 0.306 e. The van der Waals surface area contributed by atoms with Crippen LogP contribution in [0.4, 0.5) is 0 Å². The fraction of sp³-hybridized carbons (Fsp3) is 0.892. The van der Waals surface area contributed by atoms with Crippen LogP contribution >= 0.6 is 0 Å². The van der Waals surface area contributed by atoms with Gasteiger partial charge in [0.2, 0.25) is 0 Å². The molecule has 0 aromatic heterocycles. The van der Waals surface area contributed by atoms with Crippen LogP contribution < -0.4 is 0 Å². The molecular weight excluding hydrogens is 877 g/mol. The van der Waals surface area contributed by atoms with Gasteiger partial charge in [-0.15, -0.1) is 0 Å². The fourth-order valence-electron chi connectivity index (χ4n) is 9.62. The van der Waals surface area contributed by atoms with Crippen LogP contribution in [0.15, 0.2) is 24.3 Å². The van der Waals surface area contributed by atoms with Gasteiger partial charge in [0.1, 0.15) is 13.2 Å². The van der Waals surface area contributed by atoms with E-state index in [1.165, 1.54) is 244 Å². The molecule has 1 unspecified atom stereocenters. The van der Waals surface area contributed by atoms with Gasteiger partial charge in [-0.05, 0) is 64.2 Å². The van der Waals surface area contributed by atoms with Crippen LogP contribution in [0.2, 0.25) is 0 Å². The average Bonchev–Trinajstić information content (AvgIpc) is 3.37. The number of carbonyl (C=O) groups excluding carboxylic acids is 3. The number of allylic oxidation sites excluding steroid dienone is 4. The molecule has 0 aliphatic heterocycles. The zero-order valence-electron chi connectivity index (χ0n) is 48.0. The summed E-state index contributed by atoms with van der Waals surface area (Å²) in [6.45, 7) is 6.63. The summed E-state index contributed by atoms with van der Waals surface area (Å²) in [6.07, 6.45) is 72.0. The summed E-state index contributed by atoms with van der Waals surface area (Å²) in [4.78, 5) is 38.2. The highest BCUT2D eigenvalue weighted by Gasteiger charge is 2.19. The van der Waals surface area contributed by atoms with Crippen LogP contribution in [0.25, 0.3) is 0 Å². The van der Waals surface area contributed by atoms with E-state index in [1.807, 2.05) is 0 Å². The van der Waals surface area contributed by atoms with Crippen LogP contribution in [0.1, 0.15) is 355 Å². The molecule has 6 nitrogen and oxygen atoms in total. The molecule has 6 heteroatoms. The summed E-state index contributed by atoms with van der Waals surface area (Å²) in [5, 5.41) is 0. The van der Waals surface area contributed by atoms with E-state index in [1.54, 1.807) is 0 Å². The lowest BCUT2D eigenvalue weighted by atomic mass is 10.0. The Morgan fingerprint density at radius 1 is 0.268 bits per heavy atom. The standard InChI is InChI=1S/C65H122O6/c1-4-7-10-13-16-19-22-24-26-28-30-32-34-35-37-39-41-43-46-49-52-55-58-64(67)70-61-62(60-69-63(66)57-54-51-48-45-21-18-15-12-9-6-3)71-65(68)59-56-53-50-47-44-42-40-38-36-33-31-29-27-25-23-20-17-14-11-8-5-2/h12,15,29,31,62H,4-11,13-14,16-28,30,32-61H2,1-3H3/b15-12-,31-29-. The molecule has 0 fully saturated rings. The first-order valence-electron chi connectivity index (χ1n) is 31.8. The normalized spacial score (nSPS) is 12.1. The van der Waals surface area contributed by atoms with Crippen molar-refractivity contribution in [2.24, 2.45) is 0 Å². The predicted molar refractivity (Wildman–Crippen MR) is 307 cm³/mol. The average molecular weight is 1000 g/mol. The molecule has 0 heterocycles. The van der Waals surface area contributed by atoms with E-state index < -0.39 is 6.10 Å². The molecule has 0 radical (unpaired) electrons. The fourth-order valence-corrected chi connectivity index (χ4v) is 9.62. The van der Waals surface area contributed by atoms with Crippen LogP contribution in [0, 0.1) is 0 Å². The second-order valence-electron chi connectivity index (χ2n) is 21.7. The van der Waals surface area contributed by atoms with E-state index in [2.05, 4.69) is 45.1 Å². The van der Waals surface area contributed by atoms with Gasteiger partial charge < -0.3 is 14.2 Å². The van der Waals surface area contributed by atoms with E-state index in [4.69, 9.17) is 14.2 Å². The third-order valence-electron chi connectivity index (χ3n) is 14.4. The summed E-state index contributed by atoms with van der Waals surface area (Å²) < 4.78 is 16.9. The van der Waals surface area contributed by atoms with Gasteiger partial charge in [0.25, 0.3) is 0 Å². The number of unbranched alkanes of at least 4 members (excludes halogenated alkanes) is 44. The number of rotatable bonds is 59. The second-order valence-corrected chi connectivity index (χ2v) is 21.7. The second kappa shape index (κ2) is 60.4. The van der Waals surface area contributed by atoms with Gasteiger partial charge in [0, 0.05) is 19.3 Å². The lowest BCUT2D eigenvalue weighted by Gasteiger charge is -2.18. The molecule has 0 rings (SSSR count). The van der Waals surface area contributed by atoms with Gasteiger partial charge in [-0.2, -0.15) is 0 Å². The highest BCUT2D eigenvalue weighted by molar-refractivity contribution is 5.71. The lowest BCUT2D eigenvalue weighted by molar-refractivity contribution is -0.167. The number of carbonyl (C=O) groups is 3. The van der Waals surface area contributed by atoms with Crippen molar-refractivity contribution in [2.75, 3.05) is 13.2 Å². The molecule has 0 aliphatic carbocycles. The van der Waals surface area contributed by atoms with Crippen molar-refractivity contribution in [1.82, 2.24) is 0 Å². The monoisotopic (exact) mass is 999 g/mol. The van der Waals surface area contributed by atoms with Gasteiger partial charge in [-0.25, -0.2) is 0 Å². The minimum atomic E-state index is -0.772. The number of hydrogen-bond donors (Lipinski definition) is 0. The molecule has 0 spiro atoms. The summed E-state index contributed by atoms with van der Waals surface area (Å²) in [5.74, 6) is -0.860. The highest BCUT2D eigenvalue weighted by Crippen LogP contribution is 2.18. The number of ether oxygens (including phenoxy) is 3.